The normalized spacial score (nSPS) is 12.1. The number of aromatic nitrogens is 3. The molecule has 34 heavy (non-hydrogen) atoms. The van der Waals surface area contributed by atoms with Crippen LogP contribution in [0.2, 0.25) is 0 Å². The van der Waals surface area contributed by atoms with Crippen LogP contribution in [0.25, 0.3) is 0 Å². The number of benzene rings is 1. The van der Waals surface area contributed by atoms with Gasteiger partial charge in [0.25, 0.3) is 0 Å². The minimum absolute atomic E-state index is 0.335. The smallest absolute Gasteiger partial charge is 0.416 e. The predicted octanol–water partition coefficient (Wildman–Crippen LogP) is 5.72. The number of thiazole rings is 1. The van der Waals surface area contributed by atoms with Crippen molar-refractivity contribution in [2.24, 2.45) is 0 Å². The number of rotatable bonds is 10. The van der Waals surface area contributed by atoms with E-state index in [0.717, 1.165) is 29.8 Å². The van der Waals surface area contributed by atoms with E-state index in [2.05, 4.69) is 15.0 Å². The average Bonchev–Trinajstić information content (AvgIpc) is 3.23. The molecule has 2 aromatic heterocycles. The first kappa shape index (κ1) is 26.0. The zero-order valence-corrected chi connectivity index (χ0v) is 20.6. The van der Waals surface area contributed by atoms with E-state index in [0.29, 0.717) is 35.4 Å². The van der Waals surface area contributed by atoms with Crippen LogP contribution in [0.3, 0.4) is 0 Å². The monoisotopic (exact) mass is 510 g/mol. The Morgan fingerprint density at radius 1 is 1.12 bits per heavy atom. The highest BCUT2D eigenvalue weighted by Gasteiger charge is 2.31. The number of hydrogen-bond donors (Lipinski definition) is 1. The lowest BCUT2D eigenvalue weighted by Gasteiger charge is -2.23. The second kappa shape index (κ2) is 10.7. The number of aryl methyl sites for hydroxylation is 1. The molecule has 0 bridgehead atoms. The zero-order valence-electron chi connectivity index (χ0n) is 19.0. The Hall–Kier alpha value is -2.66. The van der Waals surface area contributed by atoms with E-state index in [9.17, 15) is 23.1 Å². The summed E-state index contributed by atoms with van der Waals surface area (Å²) >= 11 is 2.58. The molecule has 3 aromatic rings. The van der Waals surface area contributed by atoms with Crippen LogP contribution in [0, 0.1) is 0 Å². The third-order valence-electron chi connectivity index (χ3n) is 5.06. The Kier molecular flexibility index (Phi) is 8.19. The molecule has 11 heteroatoms. The first-order chi connectivity index (χ1) is 16.0. The molecule has 0 unspecified atom stereocenters. The molecule has 0 spiro atoms. The topological polar surface area (TPSA) is 79.2 Å². The fourth-order valence-electron chi connectivity index (χ4n) is 2.92. The third-order valence-corrected chi connectivity index (χ3v) is 7.24. The quantitative estimate of drug-likeness (QED) is 0.350. The van der Waals surface area contributed by atoms with Crippen LogP contribution in [-0.2, 0) is 30.4 Å². The Labute approximate surface area is 204 Å². The molecule has 0 saturated heterocycles. The summed E-state index contributed by atoms with van der Waals surface area (Å²) in [4.78, 5) is 26.7. The molecule has 0 saturated carbocycles. The summed E-state index contributed by atoms with van der Waals surface area (Å²) in [5.41, 5.74) is 1.80. The Bertz CT molecular complexity index is 1100. The Balaban J connectivity index is 1.75. The van der Waals surface area contributed by atoms with Gasteiger partial charge < -0.3 is 10.0 Å². The first-order valence-corrected chi connectivity index (χ1v) is 12.3. The number of alkyl halides is 3. The fraction of sp³-hybridized carbons (Fsp3) is 0.391. The first-order valence-electron chi connectivity index (χ1n) is 10.6. The van der Waals surface area contributed by atoms with Gasteiger partial charge >= 0.3 is 12.1 Å². The lowest BCUT2D eigenvalue weighted by Crippen LogP contribution is -2.27. The Morgan fingerprint density at radius 3 is 2.32 bits per heavy atom. The SMILES string of the molecule is CCc1cnc(N(CCc2csc(SC(C)(C)C(=O)O)n2)Cc2ccc(C(F)(F)F)cc2)nc1. The second-order valence-electron chi connectivity index (χ2n) is 8.13. The van der Waals surface area contributed by atoms with Crippen LogP contribution in [0.5, 0.6) is 0 Å². The van der Waals surface area contributed by atoms with E-state index >= 15 is 0 Å². The molecule has 182 valence electrons. The molecule has 0 radical (unpaired) electrons. The van der Waals surface area contributed by atoms with Crippen LogP contribution in [-0.4, -0.2) is 37.3 Å². The number of nitrogens with zero attached hydrogens (tertiary/aromatic N) is 4. The van der Waals surface area contributed by atoms with Crippen molar-refractivity contribution in [2.75, 3.05) is 11.4 Å². The van der Waals surface area contributed by atoms with Gasteiger partial charge in [0.15, 0.2) is 4.34 Å². The van der Waals surface area contributed by atoms with Crippen molar-refractivity contribution in [3.8, 4) is 0 Å². The minimum Gasteiger partial charge on any atom is -0.480 e. The highest BCUT2D eigenvalue weighted by atomic mass is 32.2. The number of aliphatic carboxylic acids is 1. The number of hydrogen-bond acceptors (Lipinski definition) is 7. The summed E-state index contributed by atoms with van der Waals surface area (Å²) in [5.74, 6) is -0.432. The molecule has 0 aliphatic rings. The van der Waals surface area contributed by atoms with Crippen LogP contribution >= 0.6 is 23.1 Å². The van der Waals surface area contributed by atoms with Gasteiger partial charge in [0, 0.05) is 37.3 Å². The van der Waals surface area contributed by atoms with E-state index < -0.39 is 22.5 Å². The van der Waals surface area contributed by atoms with E-state index in [4.69, 9.17) is 0 Å². The van der Waals surface area contributed by atoms with Gasteiger partial charge in [0.05, 0.1) is 11.3 Å². The summed E-state index contributed by atoms with van der Waals surface area (Å²) in [6.45, 7) is 6.08. The van der Waals surface area contributed by atoms with Crippen molar-refractivity contribution in [3.05, 3.63) is 64.4 Å². The number of carbonyl (C=O) groups is 1. The Morgan fingerprint density at radius 2 is 1.76 bits per heavy atom. The van der Waals surface area contributed by atoms with Crippen LogP contribution in [0.15, 0.2) is 46.4 Å². The maximum Gasteiger partial charge on any atom is 0.416 e. The molecular formula is C23H25F3N4O2S2. The largest absolute Gasteiger partial charge is 0.480 e. The highest BCUT2D eigenvalue weighted by Crippen LogP contribution is 2.35. The molecule has 6 nitrogen and oxygen atoms in total. The molecule has 0 aliphatic carbocycles. The van der Waals surface area contributed by atoms with Gasteiger partial charge in [-0.15, -0.1) is 11.3 Å². The van der Waals surface area contributed by atoms with Crippen LogP contribution in [0.1, 0.15) is 43.2 Å². The van der Waals surface area contributed by atoms with Gasteiger partial charge in [-0.05, 0) is 43.5 Å². The molecule has 0 atom stereocenters. The number of thioether (sulfide) groups is 1. The van der Waals surface area contributed by atoms with Crippen molar-refractivity contribution in [3.63, 3.8) is 0 Å². The van der Waals surface area contributed by atoms with Crippen molar-refractivity contribution in [1.82, 2.24) is 15.0 Å². The van der Waals surface area contributed by atoms with Crippen molar-refractivity contribution >= 4 is 35.0 Å². The van der Waals surface area contributed by atoms with Crippen LogP contribution < -0.4 is 4.90 Å². The summed E-state index contributed by atoms with van der Waals surface area (Å²) in [7, 11) is 0. The van der Waals surface area contributed by atoms with E-state index in [-0.39, 0.29) is 0 Å². The van der Waals surface area contributed by atoms with E-state index in [1.165, 1.54) is 35.2 Å². The lowest BCUT2D eigenvalue weighted by molar-refractivity contribution is -0.139. The summed E-state index contributed by atoms with van der Waals surface area (Å²) < 4.78 is 38.4. The van der Waals surface area contributed by atoms with Crippen LogP contribution in [0.4, 0.5) is 19.1 Å². The summed E-state index contributed by atoms with van der Waals surface area (Å²) in [6, 6.07) is 5.06. The summed E-state index contributed by atoms with van der Waals surface area (Å²) in [6.07, 6.45) is 0.448. The fourth-order valence-corrected chi connectivity index (χ4v) is 5.15. The number of carboxylic acids is 1. The van der Waals surface area contributed by atoms with Crippen molar-refractivity contribution in [1.29, 1.82) is 0 Å². The van der Waals surface area contributed by atoms with Gasteiger partial charge in [-0.25, -0.2) is 15.0 Å². The standard InChI is InChI=1S/C23H25F3N4O2S2/c1-4-15-11-27-20(28-12-15)30(13-16-5-7-17(8-6-16)23(24,25)26)10-9-18-14-33-21(29-18)34-22(2,3)19(31)32/h5-8,11-12,14H,4,9-10,13H2,1-3H3,(H,31,32). The molecular weight excluding hydrogens is 485 g/mol. The average molecular weight is 511 g/mol. The second-order valence-corrected chi connectivity index (χ2v) is 10.9. The van der Waals surface area contributed by atoms with Gasteiger partial charge in [0.1, 0.15) is 4.75 Å². The molecule has 0 aliphatic heterocycles. The molecule has 1 N–H and O–H groups in total. The predicted molar refractivity (Wildman–Crippen MR) is 127 cm³/mol. The zero-order chi connectivity index (χ0) is 24.9. The highest BCUT2D eigenvalue weighted by molar-refractivity contribution is 8.02. The summed E-state index contributed by atoms with van der Waals surface area (Å²) in [5, 5.41) is 11.2. The third kappa shape index (κ3) is 6.92. The molecule has 0 fully saturated rings. The molecule has 1 aromatic carbocycles. The number of carboxylic acid groups (broad SMARTS) is 1. The minimum atomic E-state index is -4.38. The maximum atomic E-state index is 12.9. The maximum absolute atomic E-state index is 12.9. The van der Waals surface area contributed by atoms with E-state index in [1.54, 1.807) is 26.2 Å². The van der Waals surface area contributed by atoms with Gasteiger partial charge in [-0.3, -0.25) is 4.79 Å². The number of anilines is 1. The van der Waals surface area contributed by atoms with Gasteiger partial charge in [0.2, 0.25) is 5.95 Å². The van der Waals surface area contributed by atoms with Crippen molar-refractivity contribution < 1.29 is 23.1 Å². The van der Waals surface area contributed by atoms with Crippen molar-refractivity contribution in [2.45, 2.75) is 55.4 Å². The molecule has 3 rings (SSSR count). The van der Waals surface area contributed by atoms with Gasteiger partial charge in [-0.1, -0.05) is 30.8 Å². The molecule has 0 amide bonds. The van der Waals surface area contributed by atoms with E-state index in [1.807, 2.05) is 17.2 Å². The van der Waals surface area contributed by atoms with Gasteiger partial charge in [-0.2, -0.15) is 13.2 Å². The molecule has 2 heterocycles. The lowest BCUT2D eigenvalue weighted by atomic mass is 10.1. The number of halogens is 3.